The van der Waals surface area contributed by atoms with Gasteiger partial charge in [0.15, 0.2) is 17.7 Å². The molecule has 0 aromatic carbocycles. The molecule has 1 aliphatic rings. The molecule has 0 saturated carbocycles. The molecular formula is C10H15N5O13P2S. The van der Waals surface area contributed by atoms with E-state index in [-0.39, 0.29) is 17.0 Å². The first kappa shape index (κ1) is 24.1. The van der Waals surface area contributed by atoms with Crippen LogP contribution in [0.3, 0.4) is 0 Å². The molecule has 2 aromatic rings. The van der Waals surface area contributed by atoms with Crippen molar-refractivity contribution < 1.29 is 59.6 Å². The van der Waals surface area contributed by atoms with Crippen LogP contribution in [0.15, 0.2) is 12.7 Å². The number of imidazole rings is 1. The lowest BCUT2D eigenvalue weighted by Gasteiger charge is -2.22. The minimum atomic E-state index is -5.56. The highest BCUT2D eigenvalue weighted by atomic mass is 32.3. The summed E-state index contributed by atoms with van der Waals surface area (Å²) >= 11 is 0. The highest BCUT2D eigenvalue weighted by molar-refractivity contribution is 7.85. The Balaban J connectivity index is 1.93. The summed E-state index contributed by atoms with van der Waals surface area (Å²) in [5.74, 6) is -0.0215. The molecule has 5 unspecified atom stereocenters. The van der Waals surface area contributed by atoms with Gasteiger partial charge in [-0.25, -0.2) is 24.1 Å². The number of aromatic nitrogens is 4. The standard InChI is InChI=1S/C10H15N5O13P2S/c11-8-5-9(13-2-12-8)15(3-14-5)10-6(16)7(4(26-10)1-25-29(17,18)19)27-30(20,21)28-31(22,23)24/h2-4,6-7,10,16H,1H2,(H,20,21)(H2,11,12,13)(H2,17,18,19)(H,22,23,24). The minimum absolute atomic E-state index is 0.0215. The number of nitrogens with zero attached hydrogens (tertiary/aromatic N) is 4. The van der Waals surface area contributed by atoms with Crippen LogP contribution in [0.2, 0.25) is 0 Å². The number of ether oxygens (including phenoxy) is 1. The Morgan fingerprint density at radius 1 is 1.23 bits per heavy atom. The van der Waals surface area contributed by atoms with Gasteiger partial charge in [-0.05, 0) is 0 Å². The van der Waals surface area contributed by atoms with E-state index in [4.69, 9.17) is 24.8 Å². The molecule has 3 heterocycles. The number of fused-ring (bicyclic) bond motifs is 1. The van der Waals surface area contributed by atoms with Gasteiger partial charge < -0.3 is 30.3 Å². The van der Waals surface area contributed by atoms with Crippen LogP contribution in [0, 0.1) is 0 Å². The molecule has 7 N–H and O–H groups in total. The van der Waals surface area contributed by atoms with Gasteiger partial charge in [0, 0.05) is 0 Å². The second-order valence-corrected chi connectivity index (χ2v) is 9.80. The fourth-order valence-corrected chi connectivity index (χ4v) is 4.73. The second-order valence-electron chi connectivity index (χ2n) is 5.97. The summed E-state index contributed by atoms with van der Waals surface area (Å²) in [5.41, 5.74) is 5.82. The van der Waals surface area contributed by atoms with Gasteiger partial charge in [-0.1, -0.05) is 0 Å². The summed E-state index contributed by atoms with van der Waals surface area (Å²) in [5, 5.41) is 10.6. The van der Waals surface area contributed by atoms with E-state index < -0.39 is 57.2 Å². The van der Waals surface area contributed by atoms with E-state index in [1.54, 1.807) is 0 Å². The van der Waals surface area contributed by atoms with Crippen molar-refractivity contribution in [2.75, 3.05) is 12.3 Å². The van der Waals surface area contributed by atoms with Crippen LogP contribution >= 0.6 is 15.6 Å². The number of hydrogen-bond donors (Lipinski definition) is 6. The maximum absolute atomic E-state index is 11.9. The van der Waals surface area contributed by atoms with Gasteiger partial charge in [-0.3, -0.25) is 18.2 Å². The van der Waals surface area contributed by atoms with Crippen LogP contribution in [0.25, 0.3) is 11.2 Å². The number of rotatable bonds is 8. The van der Waals surface area contributed by atoms with Gasteiger partial charge in [-0.2, -0.15) is 8.42 Å². The van der Waals surface area contributed by atoms with Gasteiger partial charge in [0.1, 0.15) is 30.2 Å². The van der Waals surface area contributed by atoms with Gasteiger partial charge in [0.05, 0.1) is 12.9 Å². The molecule has 18 nitrogen and oxygen atoms in total. The van der Waals surface area contributed by atoms with Crippen LogP contribution in [-0.4, -0.2) is 77.2 Å². The molecule has 1 saturated heterocycles. The van der Waals surface area contributed by atoms with Crippen molar-refractivity contribution in [3.63, 3.8) is 0 Å². The van der Waals surface area contributed by atoms with Crippen LogP contribution in [0.1, 0.15) is 6.23 Å². The molecule has 0 aliphatic carbocycles. The van der Waals surface area contributed by atoms with Crippen molar-refractivity contribution in [3.05, 3.63) is 12.7 Å². The Hall–Kier alpha value is -1.60. The summed E-state index contributed by atoms with van der Waals surface area (Å²) < 4.78 is 71.9. The lowest BCUT2D eigenvalue weighted by Crippen LogP contribution is -2.36. The van der Waals surface area contributed by atoms with Crippen LogP contribution in [0.5, 0.6) is 0 Å². The third-order valence-electron chi connectivity index (χ3n) is 3.82. The zero-order chi connectivity index (χ0) is 23.2. The van der Waals surface area contributed by atoms with E-state index in [0.29, 0.717) is 0 Å². The molecule has 0 radical (unpaired) electrons. The molecule has 0 spiro atoms. The molecule has 31 heavy (non-hydrogen) atoms. The zero-order valence-electron chi connectivity index (χ0n) is 14.8. The normalized spacial score (nSPS) is 26.9. The summed E-state index contributed by atoms with van der Waals surface area (Å²) in [7, 11) is -16.1. The van der Waals surface area contributed by atoms with Gasteiger partial charge in [0.25, 0.3) is 0 Å². The number of aliphatic hydroxyl groups excluding tert-OH is 1. The van der Waals surface area contributed by atoms with E-state index >= 15 is 0 Å². The second kappa shape index (κ2) is 8.39. The topological polar surface area (TPSA) is 276 Å². The number of hydrogen-bond acceptors (Lipinski definition) is 13. The quantitative estimate of drug-likeness (QED) is 0.168. The number of nitrogen functional groups attached to an aromatic ring is 1. The molecule has 21 heteroatoms. The number of phosphoric acid groups is 2. The fourth-order valence-electron chi connectivity index (χ4n) is 2.73. The fraction of sp³-hybridized carbons (Fsp3) is 0.500. The van der Waals surface area contributed by atoms with Gasteiger partial charge >= 0.3 is 26.0 Å². The van der Waals surface area contributed by atoms with Crippen molar-refractivity contribution >= 4 is 43.0 Å². The van der Waals surface area contributed by atoms with Gasteiger partial charge in [-0.15, -0.1) is 3.97 Å². The van der Waals surface area contributed by atoms with Crippen LogP contribution in [-0.2, 0) is 37.3 Å². The first-order valence-electron chi connectivity index (χ1n) is 7.83. The summed E-state index contributed by atoms with van der Waals surface area (Å²) in [6, 6.07) is 0. The summed E-state index contributed by atoms with van der Waals surface area (Å²) in [6.45, 7) is -0.974. The lowest BCUT2D eigenvalue weighted by atomic mass is 10.1. The Kier molecular flexibility index (Phi) is 6.51. The highest BCUT2D eigenvalue weighted by Gasteiger charge is 2.50. The summed E-state index contributed by atoms with van der Waals surface area (Å²) in [4.78, 5) is 38.9. The molecule has 0 amide bonds. The largest absolute Gasteiger partial charge is 0.489 e. The number of aliphatic hydroxyl groups is 1. The molecule has 1 fully saturated rings. The Bertz CT molecular complexity index is 1170. The predicted octanol–water partition coefficient (Wildman–Crippen LogP) is -1.92. The van der Waals surface area contributed by atoms with Crippen molar-refractivity contribution in [2.24, 2.45) is 0 Å². The van der Waals surface area contributed by atoms with E-state index in [1.807, 2.05) is 0 Å². The lowest BCUT2D eigenvalue weighted by molar-refractivity contribution is -0.0501. The van der Waals surface area contributed by atoms with Gasteiger partial charge in [0.2, 0.25) is 0 Å². The monoisotopic (exact) mass is 507 g/mol. The van der Waals surface area contributed by atoms with E-state index in [2.05, 4.69) is 28.0 Å². The van der Waals surface area contributed by atoms with Crippen molar-refractivity contribution in [2.45, 2.75) is 24.5 Å². The molecule has 3 rings (SSSR count). The van der Waals surface area contributed by atoms with E-state index in [0.717, 1.165) is 17.2 Å². The highest BCUT2D eigenvalue weighted by Crippen LogP contribution is 2.50. The van der Waals surface area contributed by atoms with Crippen LogP contribution in [0.4, 0.5) is 5.82 Å². The first-order chi connectivity index (χ1) is 14.2. The molecule has 174 valence electrons. The molecule has 0 bridgehead atoms. The Morgan fingerprint density at radius 3 is 2.52 bits per heavy atom. The minimum Gasteiger partial charge on any atom is -0.386 e. The molecule has 1 aliphatic heterocycles. The molecule has 5 atom stereocenters. The third kappa shape index (κ3) is 5.80. The van der Waals surface area contributed by atoms with Crippen LogP contribution < -0.4 is 5.73 Å². The number of anilines is 1. The first-order valence-corrected chi connectivity index (χ1v) is 12.2. The summed E-state index contributed by atoms with van der Waals surface area (Å²) in [6.07, 6.45) is -4.77. The van der Waals surface area contributed by atoms with E-state index in [1.165, 1.54) is 0 Å². The average molecular weight is 507 g/mol. The van der Waals surface area contributed by atoms with Crippen molar-refractivity contribution in [3.8, 4) is 0 Å². The SMILES string of the molecule is Nc1ncnc2c1ncn2C1OC(COP(=O)(O)O)C(OP(=O)(O)OS(=O)(=O)O)C1O. The average Bonchev–Trinajstić information content (AvgIpc) is 3.13. The maximum Gasteiger partial charge on any atom is 0.489 e. The number of nitrogens with two attached hydrogens (primary N) is 1. The Labute approximate surface area is 172 Å². The third-order valence-corrected chi connectivity index (χ3v) is 6.32. The molecule has 2 aromatic heterocycles. The van der Waals surface area contributed by atoms with Crippen molar-refractivity contribution in [1.29, 1.82) is 0 Å². The maximum atomic E-state index is 11.9. The molecular weight excluding hydrogens is 492 g/mol. The van der Waals surface area contributed by atoms with E-state index in [9.17, 15) is 27.5 Å². The smallest absolute Gasteiger partial charge is 0.386 e. The number of phosphoric ester groups is 2. The zero-order valence-corrected chi connectivity index (χ0v) is 17.4. The Morgan fingerprint density at radius 2 is 1.90 bits per heavy atom. The predicted molar refractivity (Wildman–Crippen MR) is 95.0 cm³/mol. The van der Waals surface area contributed by atoms with Crippen molar-refractivity contribution in [1.82, 2.24) is 19.5 Å².